The van der Waals surface area contributed by atoms with Crippen LogP contribution in [0.15, 0.2) is 48.8 Å². The van der Waals surface area contributed by atoms with Crippen LogP contribution in [0.4, 0.5) is 5.69 Å². The Labute approximate surface area is 121 Å². The first kappa shape index (κ1) is 14.5. The molecule has 0 aliphatic heterocycles. The predicted octanol–water partition coefficient (Wildman–Crippen LogP) is 2.79. The fourth-order valence-corrected chi connectivity index (χ4v) is 2.36. The normalized spacial score (nSPS) is 10.5. The predicted molar refractivity (Wildman–Crippen MR) is 85.0 cm³/mol. The van der Waals surface area contributed by atoms with Gasteiger partial charge in [0.1, 0.15) is 0 Å². The van der Waals surface area contributed by atoms with Crippen molar-refractivity contribution in [1.29, 1.82) is 0 Å². The molecule has 0 aliphatic rings. The number of para-hydroxylation sites is 1. The fraction of sp³-hybridized carbons (Fsp3) is 0.353. The van der Waals surface area contributed by atoms with Gasteiger partial charge in [0.15, 0.2) is 0 Å². The number of hydrogen-bond acceptors (Lipinski definition) is 3. The third-order valence-electron chi connectivity index (χ3n) is 3.48. The second-order valence-electron chi connectivity index (χ2n) is 5.03. The maximum atomic E-state index is 5.66. The summed E-state index contributed by atoms with van der Waals surface area (Å²) in [5, 5.41) is 0. The van der Waals surface area contributed by atoms with Crippen LogP contribution >= 0.6 is 0 Å². The Morgan fingerprint density at radius 1 is 1.10 bits per heavy atom. The van der Waals surface area contributed by atoms with E-state index in [4.69, 9.17) is 5.73 Å². The number of hydrogen-bond donors (Lipinski definition) is 1. The van der Waals surface area contributed by atoms with Crippen LogP contribution < -0.4 is 10.6 Å². The molecule has 0 bridgehead atoms. The Balaban J connectivity index is 2.06. The Morgan fingerprint density at radius 3 is 2.65 bits per heavy atom. The zero-order valence-electron chi connectivity index (χ0n) is 12.1. The molecule has 0 atom stereocenters. The molecule has 1 heterocycles. The molecule has 0 aliphatic carbocycles. The van der Waals surface area contributed by atoms with Crippen molar-refractivity contribution in [2.45, 2.75) is 19.8 Å². The highest BCUT2D eigenvalue weighted by molar-refractivity contribution is 5.53. The van der Waals surface area contributed by atoms with Gasteiger partial charge in [0.2, 0.25) is 0 Å². The van der Waals surface area contributed by atoms with Gasteiger partial charge in [-0.05, 0) is 49.6 Å². The van der Waals surface area contributed by atoms with Gasteiger partial charge in [-0.3, -0.25) is 4.98 Å². The Kier molecular flexibility index (Phi) is 5.56. The first-order valence-corrected chi connectivity index (χ1v) is 7.21. The van der Waals surface area contributed by atoms with Crippen LogP contribution in [0.1, 0.15) is 17.5 Å². The first-order valence-electron chi connectivity index (χ1n) is 7.21. The molecular formula is C17H23N3. The van der Waals surface area contributed by atoms with Gasteiger partial charge in [-0.25, -0.2) is 0 Å². The van der Waals surface area contributed by atoms with E-state index in [2.05, 4.69) is 47.1 Å². The van der Waals surface area contributed by atoms with Crippen LogP contribution in [0.2, 0.25) is 0 Å². The van der Waals surface area contributed by atoms with Crippen molar-refractivity contribution < 1.29 is 0 Å². The summed E-state index contributed by atoms with van der Waals surface area (Å²) in [6, 6.07) is 12.7. The lowest BCUT2D eigenvalue weighted by Gasteiger charge is -2.26. The zero-order chi connectivity index (χ0) is 14.2. The lowest BCUT2D eigenvalue weighted by Crippen LogP contribution is -2.29. The Morgan fingerprint density at radius 2 is 1.95 bits per heavy atom. The van der Waals surface area contributed by atoms with Crippen molar-refractivity contribution in [1.82, 2.24) is 4.98 Å². The summed E-state index contributed by atoms with van der Waals surface area (Å²) < 4.78 is 0. The molecule has 0 saturated carbocycles. The molecule has 106 valence electrons. The van der Waals surface area contributed by atoms with Gasteiger partial charge >= 0.3 is 0 Å². The second-order valence-corrected chi connectivity index (χ2v) is 5.03. The van der Waals surface area contributed by atoms with Crippen molar-refractivity contribution in [2.24, 2.45) is 5.73 Å². The van der Waals surface area contributed by atoms with Gasteiger partial charge in [0.05, 0.1) is 0 Å². The van der Waals surface area contributed by atoms with Crippen molar-refractivity contribution in [3.8, 4) is 0 Å². The number of nitrogens with two attached hydrogens (primary N) is 1. The molecule has 2 rings (SSSR count). The molecule has 1 aromatic heterocycles. The van der Waals surface area contributed by atoms with Gasteiger partial charge in [-0.15, -0.1) is 0 Å². The highest BCUT2D eigenvalue weighted by atomic mass is 15.1. The van der Waals surface area contributed by atoms with Crippen molar-refractivity contribution in [3.05, 3.63) is 59.9 Å². The van der Waals surface area contributed by atoms with E-state index in [9.17, 15) is 0 Å². The number of pyridine rings is 1. The lowest BCUT2D eigenvalue weighted by atomic mass is 10.1. The van der Waals surface area contributed by atoms with E-state index in [0.717, 1.165) is 32.5 Å². The number of aryl methyl sites for hydroxylation is 1. The van der Waals surface area contributed by atoms with Gasteiger partial charge in [0, 0.05) is 31.2 Å². The van der Waals surface area contributed by atoms with Gasteiger partial charge in [0.25, 0.3) is 0 Å². The summed E-state index contributed by atoms with van der Waals surface area (Å²) in [6.07, 6.45) is 5.78. The van der Waals surface area contributed by atoms with Crippen molar-refractivity contribution in [2.75, 3.05) is 24.5 Å². The Hall–Kier alpha value is -1.87. The minimum absolute atomic E-state index is 0.731. The largest absolute Gasteiger partial charge is 0.371 e. The molecule has 0 fully saturated rings. The van der Waals surface area contributed by atoms with E-state index in [1.165, 1.54) is 16.8 Å². The molecule has 3 nitrogen and oxygen atoms in total. The molecule has 1 aromatic carbocycles. The summed E-state index contributed by atoms with van der Waals surface area (Å²) >= 11 is 0. The smallest absolute Gasteiger partial charge is 0.0396 e. The zero-order valence-corrected chi connectivity index (χ0v) is 12.1. The number of benzene rings is 1. The summed E-state index contributed by atoms with van der Waals surface area (Å²) in [7, 11) is 0. The third kappa shape index (κ3) is 4.07. The van der Waals surface area contributed by atoms with Crippen LogP contribution in [0.3, 0.4) is 0 Å². The topological polar surface area (TPSA) is 42.1 Å². The van der Waals surface area contributed by atoms with Crippen LogP contribution in [0, 0.1) is 6.92 Å². The molecule has 0 saturated heterocycles. The first-order chi connectivity index (χ1) is 9.81. The molecule has 20 heavy (non-hydrogen) atoms. The van der Waals surface area contributed by atoms with E-state index in [1.807, 2.05) is 18.5 Å². The maximum Gasteiger partial charge on any atom is 0.0396 e. The summed E-state index contributed by atoms with van der Waals surface area (Å²) in [5.74, 6) is 0. The quantitative estimate of drug-likeness (QED) is 0.840. The highest BCUT2D eigenvalue weighted by Crippen LogP contribution is 2.20. The monoisotopic (exact) mass is 269 g/mol. The minimum Gasteiger partial charge on any atom is -0.371 e. The van der Waals surface area contributed by atoms with Gasteiger partial charge < -0.3 is 10.6 Å². The van der Waals surface area contributed by atoms with E-state index in [0.29, 0.717) is 0 Å². The van der Waals surface area contributed by atoms with Crippen LogP contribution in [-0.4, -0.2) is 24.6 Å². The summed E-state index contributed by atoms with van der Waals surface area (Å²) in [6.45, 7) is 4.89. The molecule has 0 unspecified atom stereocenters. The summed E-state index contributed by atoms with van der Waals surface area (Å²) in [4.78, 5) is 6.60. The van der Waals surface area contributed by atoms with Crippen LogP contribution in [0.25, 0.3) is 0 Å². The van der Waals surface area contributed by atoms with E-state index in [-0.39, 0.29) is 0 Å². The van der Waals surface area contributed by atoms with Gasteiger partial charge in [-0.2, -0.15) is 0 Å². The number of nitrogens with zero attached hydrogens (tertiary/aromatic N) is 2. The third-order valence-corrected chi connectivity index (χ3v) is 3.48. The number of anilines is 1. The standard InChI is InChI=1S/C17H23N3/c1-15-6-2-3-8-17(15)20(12-5-10-18)13-9-16-7-4-11-19-14-16/h2-4,6-8,11,14H,5,9-10,12-13,18H2,1H3. The lowest BCUT2D eigenvalue weighted by molar-refractivity contribution is 0.726. The number of aromatic nitrogens is 1. The van der Waals surface area contributed by atoms with Crippen molar-refractivity contribution >= 4 is 5.69 Å². The van der Waals surface area contributed by atoms with Crippen molar-refractivity contribution in [3.63, 3.8) is 0 Å². The summed E-state index contributed by atoms with van der Waals surface area (Å²) in [5.41, 5.74) is 9.57. The molecule has 3 heteroatoms. The molecule has 0 radical (unpaired) electrons. The van der Waals surface area contributed by atoms with Crippen LogP contribution in [0.5, 0.6) is 0 Å². The van der Waals surface area contributed by atoms with E-state index >= 15 is 0 Å². The molecular weight excluding hydrogens is 246 g/mol. The Bertz CT molecular complexity index is 511. The minimum atomic E-state index is 0.731. The van der Waals surface area contributed by atoms with E-state index in [1.54, 1.807) is 0 Å². The average Bonchev–Trinajstić information content (AvgIpc) is 2.49. The van der Waals surface area contributed by atoms with E-state index < -0.39 is 0 Å². The maximum absolute atomic E-state index is 5.66. The molecule has 2 aromatic rings. The highest BCUT2D eigenvalue weighted by Gasteiger charge is 2.08. The number of rotatable bonds is 7. The molecule has 2 N–H and O–H groups in total. The van der Waals surface area contributed by atoms with Gasteiger partial charge in [-0.1, -0.05) is 24.3 Å². The second kappa shape index (κ2) is 7.65. The molecule has 0 spiro atoms. The fourth-order valence-electron chi connectivity index (χ4n) is 2.36. The SMILES string of the molecule is Cc1ccccc1N(CCCN)CCc1cccnc1. The van der Waals surface area contributed by atoms with Crippen LogP contribution in [-0.2, 0) is 6.42 Å². The molecule has 0 amide bonds. The average molecular weight is 269 g/mol.